The largest absolute Gasteiger partial charge is 0.342 e. The quantitative estimate of drug-likeness (QED) is 0.315. The van der Waals surface area contributed by atoms with Crippen LogP contribution in [0.5, 0.6) is 0 Å². The lowest BCUT2D eigenvalue weighted by Gasteiger charge is -2.19. The summed E-state index contributed by atoms with van der Waals surface area (Å²) in [6.07, 6.45) is 0. The summed E-state index contributed by atoms with van der Waals surface area (Å²) in [5.74, 6) is 0.808. The van der Waals surface area contributed by atoms with E-state index in [1.54, 1.807) is 12.1 Å². The van der Waals surface area contributed by atoms with Crippen LogP contribution in [-0.4, -0.2) is 32.7 Å². The zero-order chi connectivity index (χ0) is 24.0. The monoisotopic (exact) mass is 529 g/mol. The Morgan fingerprint density at radius 2 is 1.82 bits per heavy atom. The summed E-state index contributed by atoms with van der Waals surface area (Å²) in [5.41, 5.74) is 2.46. The van der Waals surface area contributed by atoms with Crippen molar-refractivity contribution in [1.29, 1.82) is 0 Å². The summed E-state index contributed by atoms with van der Waals surface area (Å²) in [4.78, 5) is 29.6. The standard InChI is InChI=1S/C24H28BrN5O2S/c1-14(2)18-12-17(25)10-11-19(18)26-20(31)13-33-24-28-22(29-30-24)21(15(3)4)27-23(32)16-8-6-5-7-9-16/h5-12,14-15,21H,13H2,1-4H3,(H,26,31)(H,27,32)(H,28,29,30). The van der Waals surface area contributed by atoms with Crippen LogP contribution in [0.15, 0.2) is 58.2 Å². The van der Waals surface area contributed by atoms with Crippen molar-refractivity contribution in [2.75, 3.05) is 11.1 Å². The highest BCUT2D eigenvalue weighted by atomic mass is 79.9. The molecule has 3 N–H and O–H groups in total. The first-order valence-electron chi connectivity index (χ1n) is 10.7. The van der Waals surface area contributed by atoms with Crippen LogP contribution in [0, 0.1) is 5.92 Å². The topological polar surface area (TPSA) is 99.8 Å². The van der Waals surface area contributed by atoms with Gasteiger partial charge in [-0.05, 0) is 47.7 Å². The lowest BCUT2D eigenvalue weighted by Crippen LogP contribution is -2.32. The van der Waals surface area contributed by atoms with Crippen LogP contribution in [0.25, 0.3) is 0 Å². The molecule has 3 aromatic rings. The third-order valence-corrected chi connectivity index (χ3v) is 6.35. The number of amides is 2. The van der Waals surface area contributed by atoms with Crippen molar-refractivity contribution < 1.29 is 9.59 Å². The zero-order valence-electron chi connectivity index (χ0n) is 19.1. The molecule has 0 saturated carbocycles. The van der Waals surface area contributed by atoms with Crippen molar-refractivity contribution >= 4 is 45.2 Å². The molecule has 1 atom stereocenters. The van der Waals surface area contributed by atoms with Gasteiger partial charge in [-0.3, -0.25) is 14.7 Å². The number of halogens is 1. The van der Waals surface area contributed by atoms with Gasteiger partial charge in [-0.2, -0.15) is 0 Å². The lowest BCUT2D eigenvalue weighted by molar-refractivity contribution is -0.113. The molecule has 1 heterocycles. The molecule has 1 unspecified atom stereocenters. The highest BCUT2D eigenvalue weighted by Crippen LogP contribution is 2.28. The molecule has 0 aliphatic carbocycles. The Morgan fingerprint density at radius 1 is 1.09 bits per heavy atom. The van der Waals surface area contributed by atoms with Crippen LogP contribution in [0.1, 0.15) is 61.4 Å². The van der Waals surface area contributed by atoms with Crippen LogP contribution in [0.3, 0.4) is 0 Å². The van der Waals surface area contributed by atoms with E-state index in [1.165, 1.54) is 11.8 Å². The highest BCUT2D eigenvalue weighted by molar-refractivity contribution is 9.10. The van der Waals surface area contributed by atoms with Crippen LogP contribution in [0.2, 0.25) is 0 Å². The average Bonchev–Trinajstić information content (AvgIpc) is 3.26. The first-order chi connectivity index (χ1) is 15.7. The first-order valence-corrected chi connectivity index (χ1v) is 12.5. The Labute approximate surface area is 206 Å². The van der Waals surface area contributed by atoms with Crippen molar-refractivity contribution in [1.82, 2.24) is 20.5 Å². The minimum Gasteiger partial charge on any atom is -0.342 e. The number of aromatic nitrogens is 3. The SMILES string of the molecule is CC(C)c1cc(Br)ccc1NC(=O)CSc1n[nH]c(C(NC(=O)c2ccccc2)C(C)C)n1. The van der Waals surface area contributed by atoms with E-state index in [-0.39, 0.29) is 35.4 Å². The van der Waals surface area contributed by atoms with Gasteiger partial charge in [-0.1, -0.05) is 73.6 Å². The number of thioether (sulfide) groups is 1. The maximum atomic E-state index is 12.6. The fourth-order valence-electron chi connectivity index (χ4n) is 3.27. The molecule has 0 bridgehead atoms. The number of H-pyrrole nitrogens is 1. The highest BCUT2D eigenvalue weighted by Gasteiger charge is 2.23. The zero-order valence-corrected chi connectivity index (χ0v) is 21.5. The van der Waals surface area contributed by atoms with Gasteiger partial charge in [0.15, 0.2) is 0 Å². The van der Waals surface area contributed by atoms with Crippen LogP contribution < -0.4 is 10.6 Å². The number of hydrogen-bond donors (Lipinski definition) is 3. The van der Waals surface area contributed by atoms with Gasteiger partial charge < -0.3 is 10.6 Å². The third-order valence-electron chi connectivity index (χ3n) is 5.01. The van der Waals surface area contributed by atoms with Gasteiger partial charge in [0.05, 0.1) is 11.8 Å². The van der Waals surface area contributed by atoms with E-state index >= 15 is 0 Å². The van der Waals surface area contributed by atoms with Crippen LogP contribution in [-0.2, 0) is 4.79 Å². The molecular formula is C24H28BrN5O2S. The van der Waals surface area contributed by atoms with Crippen LogP contribution >= 0.6 is 27.7 Å². The summed E-state index contributed by atoms with van der Waals surface area (Å²) in [5, 5.41) is 13.6. The number of nitrogens with one attached hydrogen (secondary N) is 3. The number of hydrogen-bond acceptors (Lipinski definition) is 5. The van der Waals surface area contributed by atoms with Gasteiger partial charge in [0.25, 0.3) is 5.91 Å². The molecule has 0 spiro atoms. The average molecular weight is 530 g/mol. The molecular weight excluding hydrogens is 502 g/mol. The molecule has 33 heavy (non-hydrogen) atoms. The van der Waals surface area contributed by atoms with Crippen molar-refractivity contribution in [3.05, 3.63) is 70.0 Å². The molecule has 0 radical (unpaired) electrons. The summed E-state index contributed by atoms with van der Waals surface area (Å²) in [6.45, 7) is 8.18. The smallest absolute Gasteiger partial charge is 0.251 e. The molecule has 0 aliphatic heterocycles. The lowest BCUT2D eigenvalue weighted by atomic mass is 10.0. The summed E-state index contributed by atoms with van der Waals surface area (Å²) < 4.78 is 0.978. The normalized spacial score (nSPS) is 12.1. The number of carbonyl (C=O) groups is 2. The molecule has 1 aromatic heterocycles. The second kappa shape index (κ2) is 11.5. The van der Waals surface area contributed by atoms with E-state index in [1.807, 2.05) is 50.2 Å². The van der Waals surface area contributed by atoms with E-state index in [4.69, 9.17) is 0 Å². The number of aromatic amines is 1. The number of rotatable bonds is 9. The Balaban J connectivity index is 1.61. The number of nitrogens with zero attached hydrogens (tertiary/aromatic N) is 2. The fourth-order valence-corrected chi connectivity index (χ4v) is 4.25. The number of benzene rings is 2. The minimum atomic E-state index is -0.329. The van der Waals surface area contributed by atoms with Gasteiger partial charge in [0, 0.05) is 15.7 Å². The van der Waals surface area contributed by atoms with Gasteiger partial charge in [0.1, 0.15) is 5.82 Å². The van der Waals surface area contributed by atoms with Crippen molar-refractivity contribution in [3.8, 4) is 0 Å². The molecule has 9 heteroatoms. The van der Waals surface area contributed by atoms with E-state index in [0.29, 0.717) is 16.5 Å². The molecule has 174 valence electrons. The number of carbonyl (C=O) groups excluding carboxylic acids is 2. The Morgan fingerprint density at radius 3 is 2.48 bits per heavy atom. The van der Waals surface area contributed by atoms with E-state index < -0.39 is 0 Å². The Bertz CT molecular complexity index is 1100. The van der Waals surface area contributed by atoms with E-state index in [0.717, 1.165) is 15.7 Å². The van der Waals surface area contributed by atoms with E-state index in [2.05, 4.69) is 55.6 Å². The molecule has 3 rings (SSSR count). The maximum absolute atomic E-state index is 12.6. The molecule has 0 aliphatic rings. The second-order valence-corrected chi connectivity index (χ2v) is 10.1. The number of anilines is 1. The van der Waals surface area contributed by atoms with Crippen LogP contribution in [0.4, 0.5) is 5.69 Å². The van der Waals surface area contributed by atoms with Gasteiger partial charge in [-0.25, -0.2) is 4.98 Å². The molecule has 7 nitrogen and oxygen atoms in total. The summed E-state index contributed by atoms with van der Waals surface area (Å²) in [7, 11) is 0. The minimum absolute atomic E-state index is 0.0959. The van der Waals surface area contributed by atoms with Crippen molar-refractivity contribution in [2.24, 2.45) is 5.92 Å². The van der Waals surface area contributed by atoms with E-state index in [9.17, 15) is 9.59 Å². The third kappa shape index (κ3) is 6.91. The Kier molecular flexibility index (Phi) is 8.68. The molecule has 2 aromatic carbocycles. The molecule has 2 amide bonds. The second-order valence-electron chi connectivity index (χ2n) is 8.29. The summed E-state index contributed by atoms with van der Waals surface area (Å²) in [6, 6.07) is 14.5. The summed E-state index contributed by atoms with van der Waals surface area (Å²) >= 11 is 4.72. The van der Waals surface area contributed by atoms with Crippen molar-refractivity contribution in [2.45, 2.75) is 44.8 Å². The first kappa shape index (κ1) is 25.0. The maximum Gasteiger partial charge on any atom is 0.251 e. The van der Waals surface area contributed by atoms with Gasteiger partial charge >= 0.3 is 0 Å². The molecule has 0 fully saturated rings. The molecule has 0 saturated heterocycles. The fraction of sp³-hybridized carbons (Fsp3) is 0.333. The Hall–Kier alpha value is -2.65. The van der Waals surface area contributed by atoms with Gasteiger partial charge in [0.2, 0.25) is 11.1 Å². The van der Waals surface area contributed by atoms with Crippen molar-refractivity contribution in [3.63, 3.8) is 0 Å². The van der Waals surface area contributed by atoms with Gasteiger partial charge in [-0.15, -0.1) is 5.10 Å². The predicted molar refractivity (Wildman–Crippen MR) is 135 cm³/mol. The predicted octanol–water partition coefficient (Wildman–Crippen LogP) is 5.55.